The van der Waals surface area contributed by atoms with Gasteiger partial charge in [-0.1, -0.05) is 0 Å². The maximum Gasteiger partial charge on any atom is 0.251 e. The maximum absolute atomic E-state index is 12.6. The highest BCUT2D eigenvalue weighted by Crippen LogP contribution is 2.32. The molecule has 0 spiro atoms. The Kier molecular flexibility index (Phi) is 5.29. The van der Waals surface area contributed by atoms with Crippen molar-refractivity contribution in [3.05, 3.63) is 23.8 Å². The van der Waals surface area contributed by atoms with Gasteiger partial charge in [0.25, 0.3) is 5.91 Å². The standard InChI is InChI=1S/C19H27NO4/c1-19(9-11-23-12-10-19)20-18(21)14-7-8-16(17(13-14)22-2)24-15-5-3-4-6-15/h7-8,13,15H,3-6,9-12H2,1-2H3,(H,20,21). The van der Waals surface area contributed by atoms with Crippen LogP contribution in [0.4, 0.5) is 0 Å². The zero-order valence-corrected chi connectivity index (χ0v) is 14.6. The van der Waals surface area contributed by atoms with Crippen LogP contribution in [0.5, 0.6) is 11.5 Å². The number of nitrogens with one attached hydrogen (secondary N) is 1. The van der Waals surface area contributed by atoms with Crippen LogP contribution in [0.2, 0.25) is 0 Å². The van der Waals surface area contributed by atoms with E-state index in [1.54, 1.807) is 13.2 Å². The Morgan fingerprint density at radius 3 is 2.58 bits per heavy atom. The zero-order valence-electron chi connectivity index (χ0n) is 14.6. The van der Waals surface area contributed by atoms with Gasteiger partial charge in [0.15, 0.2) is 11.5 Å². The molecule has 24 heavy (non-hydrogen) atoms. The zero-order chi connectivity index (χ0) is 17.0. The first-order valence-corrected chi connectivity index (χ1v) is 8.85. The van der Waals surface area contributed by atoms with E-state index in [0.29, 0.717) is 24.5 Å². The maximum atomic E-state index is 12.6. The van der Waals surface area contributed by atoms with E-state index in [4.69, 9.17) is 14.2 Å². The van der Waals surface area contributed by atoms with Gasteiger partial charge >= 0.3 is 0 Å². The predicted molar refractivity (Wildman–Crippen MR) is 91.8 cm³/mol. The second-order valence-electron chi connectivity index (χ2n) is 7.02. The van der Waals surface area contributed by atoms with Crippen LogP contribution in [0.25, 0.3) is 0 Å². The number of amides is 1. The van der Waals surface area contributed by atoms with Gasteiger partial charge in [-0.05, 0) is 63.6 Å². The topological polar surface area (TPSA) is 56.8 Å². The molecular formula is C19H27NO4. The van der Waals surface area contributed by atoms with Crippen molar-refractivity contribution >= 4 is 5.91 Å². The van der Waals surface area contributed by atoms with Crippen LogP contribution in [0.3, 0.4) is 0 Å². The molecule has 5 nitrogen and oxygen atoms in total. The highest BCUT2D eigenvalue weighted by molar-refractivity contribution is 5.95. The Morgan fingerprint density at radius 1 is 1.21 bits per heavy atom. The van der Waals surface area contributed by atoms with Gasteiger partial charge in [0.05, 0.1) is 13.2 Å². The van der Waals surface area contributed by atoms with Crippen molar-refractivity contribution in [1.82, 2.24) is 5.32 Å². The van der Waals surface area contributed by atoms with Gasteiger partial charge in [-0.25, -0.2) is 0 Å². The molecular weight excluding hydrogens is 306 g/mol. The lowest BCUT2D eigenvalue weighted by molar-refractivity contribution is 0.0422. The fourth-order valence-corrected chi connectivity index (χ4v) is 3.39. The van der Waals surface area contributed by atoms with Gasteiger partial charge < -0.3 is 19.5 Å². The molecule has 1 saturated carbocycles. The number of hydrogen-bond acceptors (Lipinski definition) is 4. The highest BCUT2D eigenvalue weighted by Gasteiger charge is 2.29. The van der Waals surface area contributed by atoms with Crippen LogP contribution < -0.4 is 14.8 Å². The third-order valence-electron chi connectivity index (χ3n) is 5.03. The Labute approximate surface area is 143 Å². The molecule has 1 N–H and O–H groups in total. The lowest BCUT2D eigenvalue weighted by Gasteiger charge is -2.34. The van der Waals surface area contributed by atoms with E-state index in [-0.39, 0.29) is 17.6 Å². The van der Waals surface area contributed by atoms with Gasteiger partial charge in [-0.3, -0.25) is 4.79 Å². The lowest BCUT2D eigenvalue weighted by atomic mass is 9.92. The van der Waals surface area contributed by atoms with Crippen LogP contribution in [0, 0.1) is 0 Å². The minimum absolute atomic E-state index is 0.0786. The average molecular weight is 333 g/mol. The second-order valence-corrected chi connectivity index (χ2v) is 7.02. The fourth-order valence-electron chi connectivity index (χ4n) is 3.39. The van der Waals surface area contributed by atoms with E-state index < -0.39 is 0 Å². The van der Waals surface area contributed by atoms with Crippen LogP contribution in [-0.4, -0.2) is 37.9 Å². The number of hydrogen-bond donors (Lipinski definition) is 1. The van der Waals surface area contributed by atoms with Crippen molar-refractivity contribution in [3.8, 4) is 11.5 Å². The molecule has 2 aliphatic rings. The fraction of sp³-hybridized carbons (Fsp3) is 0.632. The molecule has 1 amide bonds. The number of carbonyl (C=O) groups is 1. The SMILES string of the molecule is COc1cc(C(=O)NC2(C)CCOCC2)ccc1OC1CCCC1. The first-order valence-electron chi connectivity index (χ1n) is 8.85. The van der Waals surface area contributed by atoms with Crippen molar-refractivity contribution in [2.75, 3.05) is 20.3 Å². The van der Waals surface area contributed by atoms with Crippen LogP contribution in [0.1, 0.15) is 55.8 Å². The molecule has 1 heterocycles. The number of benzene rings is 1. The third kappa shape index (κ3) is 4.01. The van der Waals surface area contributed by atoms with E-state index in [0.717, 1.165) is 31.4 Å². The molecule has 2 fully saturated rings. The van der Waals surface area contributed by atoms with Gasteiger partial charge in [-0.15, -0.1) is 0 Å². The normalized spacial score (nSPS) is 20.6. The third-order valence-corrected chi connectivity index (χ3v) is 5.03. The van der Waals surface area contributed by atoms with Gasteiger partial charge in [0.1, 0.15) is 0 Å². The van der Waals surface area contributed by atoms with Crippen molar-refractivity contribution in [2.45, 2.75) is 57.1 Å². The Morgan fingerprint density at radius 2 is 1.92 bits per heavy atom. The Hall–Kier alpha value is -1.75. The molecule has 1 aliphatic carbocycles. The van der Waals surface area contributed by atoms with E-state index in [2.05, 4.69) is 12.2 Å². The van der Waals surface area contributed by atoms with Crippen LogP contribution in [-0.2, 0) is 4.74 Å². The lowest BCUT2D eigenvalue weighted by Crippen LogP contribution is -2.49. The van der Waals surface area contributed by atoms with Crippen LogP contribution >= 0.6 is 0 Å². The number of ether oxygens (including phenoxy) is 3. The minimum atomic E-state index is -0.207. The minimum Gasteiger partial charge on any atom is -0.493 e. The molecule has 0 atom stereocenters. The second kappa shape index (κ2) is 7.43. The summed E-state index contributed by atoms with van der Waals surface area (Å²) in [5.74, 6) is 1.26. The summed E-state index contributed by atoms with van der Waals surface area (Å²) in [5.41, 5.74) is 0.389. The summed E-state index contributed by atoms with van der Waals surface area (Å²) in [7, 11) is 1.61. The summed E-state index contributed by atoms with van der Waals surface area (Å²) in [6.45, 7) is 3.45. The molecule has 5 heteroatoms. The molecule has 0 radical (unpaired) electrons. The Bertz CT molecular complexity index is 575. The van der Waals surface area contributed by atoms with Gasteiger partial charge in [0.2, 0.25) is 0 Å². The quantitative estimate of drug-likeness (QED) is 0.898. The summed E-state index contributed by atoms with van der Waals surface area (Å²) in [6, 6.07) is 5.42. The number of methoxy groups -OCH3 is 1. The first kappa shape index (κ1) is 17.1. The average Bonchev–Trinajstić information content (AvgIpc) is 3.08. The van der Waals surface area contributed by atoms with E-state index in [1.165, 1.54) is 12.8 Å². The largest absolute Gasteiger partial charge is 0.493 e. The summed E-state index contributed by atoms with van der Waals surface area (Å²) in [6.07, 6.45) is 6.54. The molecule has 1 aromatic rings. The highest BCUT2D eigenvalue weighted by atomic mass is 16.5. The molecule has 1 aliphatic heterocycles. The van der Waals surface area contributed by atoms with E-state index >= 15 is 0 Å². The van der Waals surface area contributed by atoms with Crippen molar-refractivity contribution in [2.24, 2.45) is 0 Å². The summed E-state index contributed by atoms with van der Waals surface area (Å²) in [4.78, 5) is 12.6. The monoisotopic (exact) mass is 333 g/mol. The Balaban J connectivity index is 1.69. The van der Waals surface area contributed by atoms with Gasteiger partial charge in [-0.2, -0.15) is 0 Å². The summed E-state index contributed by atoms with van der Waals surface area (Å²) < 4.78 is 16.8. The smallest absolute Gasteiger partial charge is 0.251 e. The summed E-state index contributed by atoms with van der Waals surface area (Å²) >= 11 is 0. The van der Waals surface area contributed by atoms with Crippen molar-refractivity contribution in [1.29, 1.82) is 0 Å². The van der Waals surface area contributed by atoms with Crippen molar-refractivity contribution in [3.63, 3.8) is 0 Å². The molecule has 1 saturated heterocycles. The molecule has 0 bridgehead atoms. The van der Waals surface area contributed by atoms with E-state index in [9.17, 15) is 4.79 Å². The van der Waals surface area contributed by atoms with E-state index in [1.807, 2.05) is 12.1 Å². The molecule has 0 aromatic heterocycles. The predicted octanol–water partition coefficient (Wildman–Crippen LogP) is 3.32. The summed E-state index contributed by atoms with van der Waals surface area (Å²) in [5, 5.41) is 3.14. The van der Waals surface area contributed by atoms with Crippen molar-refractivity contribution < 1.29 is 19.0 Å². The van der Waals surface area contributed by atoms with Gasteiger partial charge in [0, 0.05) is 24.3 Å². The molecule has 132 valence electrons. The molecule has 3 rings (SSSR count). The van der Waals surface area contributed by atoms with Crippen LogP contribution in [0.15, 0.2) is 18.2 Å². The molecule has 1 aromatic carbocycles. The number of rotatable bonds is 5. The number of carbonyl (C=O) groups excluding carboxylic acids is 1. The first-order chi connectivity index (χ1) is 11.6. The molecule has 0 unspecified atom stereocenters.